The van der Waals surface area contributed by atoms with E-state index in [0.717, 1.165) is 53.4 Å². The van der Waals surface area contributed by atoms with Crippen molar-refractivity contribution in [1.29, 1.82) is 0 Å². The molecule has 2 atom stereocenters. The Labute approximate surface area is 186 Å². The Morgan fingerprint density at radius 1 is 1.09 bits per heavy atom. The van der Waals surface area contributed by atoms with Crippen LogP contribution in [0.2, 0.25) is 0 Å². The van der Waals surface area contributed by atoms with Crippen molar-refractivity contribution in [3.63, 3.8) is 0 Å². The van der Waals surface area contributed by atoms with E-state index in [0.29, 0.717) is 12.1 Å². The molecule has 2 heterocycles. The largest absolute Gasteiger partial charge is 0.391 e. The van der Waals surface area contributed by atoms with E-state index in [-0.39, 0.29) is 11.9 Å². The van der Waals surface area contributed by atoms with E-state index in [1.54, 1.807) is 11.0 Å². The van der Waals surface area contributed by atoms with Crippen LogP contribution in [0, 0.1) is 0 Å². The summed E-state index contributed by atoms with van der Waals surface area (Å²) in [6.07, 6.45) is 6.90. The van der Waals surface area contributed by atoms with Crippen molar-refractivity contribution < 1.29 is 9.90 Å². The van der Waals surface area contributed by atoms with Crippen LogP contribution in [0.15, 0.2) is 67.3 Å². The van der Waals surface area contributed by atoms with Gasteiger partial charge in [0.15, 0.2) is 0 Å². The maximum absolute atomic E-state index is 13.0. The quantitative estimate of drug-likeness (QED) is 0.509. The number of fused-ring (bicyclic) bond motifs is 1. The Bertz CT molecular complexity index is 1220. The third-order valence-electron chi connectivity index (χ3n) is 6.09. The first-order chi connectivity index (χ1) is 15.7. The average Bonchev–Trinajstić information content (AvgIpc) is 3.36. The molecule has 0 unspecified atom stereocenters. The molecule has 2 aromatic carbocycles. The van der Waals surface area contributed by atoms with Gasteiger partial charge in [0.1, 0.15) is 18.3 Å². The highest BCUT2D eigenvalue weighted by atomic mass is 16.3. The Kier molecular flexibility index (Phi) is 5.64. The summed E-state index contributed by atoms with van der Waals surface area (Å²) in [7, 11) is 0. The first kappa shape index (κ1) is 20.3. The summed E-state index contributed by atoms with van der Waals surface area (Å²) in [5, 5.41) is 18.4. The number of nitrogens with one attached hydrogen (secondary N) is 1. The number of aliphatic hydroxyl groups is 1. The minimum Gasteiger partial charge on any atom is -0.391 e. The molecule has 1 aliphatic carbocycles. The molecule has 4 aromatic rings. The number of aliphatic hydroxyl groups excluding tert-OH is 1. The third kappa shape index (κ3) is 4.24. The van der Waals surface area contributed by atoms with E-state index < -0.39 is 6.10 Å². The fourth-order valence-corrected chi connectivity index (χ4v) is 4.36. The molecule has 32 heavy (non-hydrogen) atoms. The molecule has 0 aliphatic heterocycles. The first-order valence-electron chi connectivity index (χ1n) is 11.0. The summed E-state index contributed by atoms with van der Waals surface area (Å²) >= 11 is 0. The second-order valence-corrected chi connectivity index (χ2v) is 8.30. The number of hydrogen-bond donors (Lipinski definition) is 2. The number of nitrogens with zero attached hydrogens (tertiary/aromatic N) is 4. The molecule has 0 saturated heterocycles. The molecule has 0 bridgehead atoms. The lowest BCUT2D eigenvalue weighted by molar-refractivity contribution is 0.0714. The lowest BCUT2D eigenvalue weighted by Gasteiger charge is -2.28. The van der Waals surface area contributed by atoms with Crippen LogP contribution in [0.3, 0.4) is 0 Å². The number of carbonyl (C=O) groups excluding carboxylic acids is 1. The van der Waals surface area contributed by atoms with E-state index in [2.05, 4.69) is 32.5 Å². The number of benzene rings is 2. The predicted molar refractivity (Wildman–Crippen MR) is 122 cm³/mol. The Balaban J connectivity index is 1.42. The predicted octanol–water partition coefficient (Wildman–Crippen LogP) is 3.44. The van der Waals surface area contributed by atoms with Crippen molar-refractivity contribution in [3.8, 4) is 5.69 Å². The standard InChI is InChI=1S/C25H25N5O2/c31-24-8-4-3-7-22(24)29-25(32)23-14-18(20-5-1-2-6-21(20)28-23)13-17-9-11-19(12-10-17)30-16-26-15-27-30/h1-2,5-6,9-12,14-16,22,24,31H,3-4,7-8,13H2,(H,29,32)/t22-,24-/m0/s1. The van der Waals surface area contributed by atoms with Crippen molar-refractivity contribution in [2.45, 2.75) is 44.2 Å². The van der Waals surface area contributed by atoms with Crippen LogP contribution in [0.5, 0.6) is 0 Å². The zero-order valence-corrected chi connectivity index (χ0v) is 17.7. The summed E-state index contributed by atoms with van der Waals surface area (Å²) in [4.78, 5) is 21.6. The summed E-state index contributed by atoms with van der Waals surface area (Å²) in [5.41, 5.74) is 4.28. The lowest BCUT2D eigenvalue weighted by Crippen LogP contribution is -2.45. The van der Waals surface area contributed by atoms with E-state index in [1.807, 2.05) is 42.5 Å². The second kappa shape index (κ2) is 8.88. The molecule has 0 radical (unpaired) electrons. The Morgan fingerprint density at radius 3 is 2.69 bits per heavy atom. The summed E-state index contributed by atoms with van der Waals surface area (Å²) in [6, 6.07) is 17.7. The van der Waals surface area contributed by atoms with Crippen molar-refractivity contribution in [2.75, 3.05) is 0 Å². The van der Waals surface area contributed by atoms with Crippen LogP contribution in [0.1, 0.15) is 47.3 Å². The molecule has 0 spiro atoms. The van der Waals surface area contributed by atoms with Gasteiger partial charge in [-0.1, -0.05) is 43.2 Å². The Morgan fingerprint density at radius 2 is 1.91 bits per heavy atom. The minimum atomic E-state index is -0.490. The molecule has 1 saturated carbocycles. The first-order valence-corrected chi connectivity index (χ1v) is 11.0. The lowest BCUT2D eigenvalue weighted by atomic mass is 9.92. The monoisotopic (exact) mass is 427 g/mol. The van der Waals surface area contributed by atoms with Crippen LogP contribution in [0.4, 0.5) is 0 Å². The molecular weight excluding hydrogens is 402 g/mol. The molecule has 162 valence electrons. The maximum Gasteiger partial charge on any atom is 0.270 e. The molecule has 7 nitrogen and oxygen atoms in total. The van der Waals surface area contributed by atoms with Gasteiger partial charge in [-0.05, 0) is 54.7 Å². The van der Waals surface area contributed by atoms with E-state index in [1.165, 1.54) is 6.33 Å². The van der Waals surface area contributed by atoms with E-state index >= 15 is 0 Å². The van der Waals surface area contributed by atoms with Crippen molar-refractivity contribution >= 4 is 16.8 Å². The fraction of sp³-hybridized carbons (Fsp3) is 0.280. The molecule has 7 heteroatoms. The number of rotatable bonds is 5. The van der Waals surface area contributed by atoms with Gasteiger partial charge in [0.2, 0.25) is 0 Å². The molecule has 5 rings (SSSR count). The van der Waals surface area contributed by atoms with Gasteiger partial charge in [0, 0.05) is 5.39 Å². The fourth-order valence-electron chi connectivity index (χ4n) is 4.36. The minimum absolute atomic E-state index is 0.211. The summed E-state index contributed by atoms with van der Waals surface area (Å²) in [6.45, 7) is 0. The SMILES string of the molecule is O=C(N[C@H]1CCCC[C@@H]1O)c1cc(Cc2ccc(-n3cncn3)cc2)c2ccccc2n1. The number of aromatic nitrogens is 4. The molecular formula is C25H25N5O2. The van der Waals surface area contributed by atoms with Crippen molar-refractivity contribution in [2.24, 2.45) is 0 Å². The number of pyridine rings is 1. The van der Waals surface area contributed by atoms with Gasteiger partial charge in [-0.25, -0.2) is 14.6 Å². The van der Waals surface area contributed by atoms with Crippen molar-refractivity contribution in [1.82, 2.24) is 25.1 Å². The van der Waals surface area contributed by atoms with Gasteiger partial charge >= 0.3 is 0 Å². The van der Waals surface area contributed by atoms with Crippen molar-refractivity contribution in [3.05, 3.63) is 84.1 Å². The maximum atomic E-state index is 13.0. The van der Waals surface area contributed by atoms with Gasteiger partial charge < -0.3 is 10.4 Å². The van der Waals surface area contributed by atoms with Gasteiger partial charge in [-0.2, -0.15) is 5.10 Å². The van der Waals surface area contributed by atoms with Crippen LogP contribution >= 0.6 is 0 Å². The zero-order valence-electron chi connectivity index (χ0n) is 17.7. The highest BCUT2D eigenvalue weighted by molar-refractivity contribution is 5.96. The topological polar surface area (TPSA) is 92.9 Å². The second-order valence-electron chi connectivity index (χ2n) is 8.30. The molecule has 1 aliphatic rings. The van der Waals surface area contributed by atoms with Gasteiger partial charge in [-0.15, -0.1) is 0 Å². The normalized spacial score (nSPS) is 18.5. The summed E-state index contributed by atoms with van der Waals surface area (Å²) in [5.74, 6) is -0.232. The van der Waals surface area contributed by atoms with Gasteiger partial charge in [-0.3, -0.25) is 4.79 Å². The highest BCUT2D eigenvalue weighted by Gasteiger charge is 2.25. The number of carbonyl (C=O) groups is 1. The third-order valence-corrected chi connectivity index (χ3v) is 6.09. The van der Waals surface area contributed by atoms with Crippen LogP contribution < -0.4 is 5.32 Å². The molecule has 2 N–H and O–H groups in total. The summed E-state index contributed by atoms with van der Waals surface area (Å²) < 4.78 is 1.72. The Hall–Kier alpha value is -3.58. The van der Waals surface area contributed by atoms with Gasteiger partial charge in [0.25, 0.3) is 5.91 Å². The number of hydrogen-bond acceptors (Lipinski definition) is 5. The number of para-hydroxylation sites is 1. The zero-order chi connectivity index (χ0) is 21.9. The molecule has 1 fully saturated rings. The average molecular weight is 428 g/mol. The smallest absolute Gasteiger partial charge is 0.270 e. The van der Waals surface area contributed by atoms with Crippen LogP contribution in [-0.2, 0) is 6.42 Å². The van der Waals surface area contributed by atoms with E-state index in [9.17, 15) is 9.90 Å². The molecule has 1 amide bonds. The number of amides is 1. The molecule has 2 aromatic heterocycles. The van der Waals surface area contributed by atoms with Crippen LogP contribution in [-0.4, -0.2) is 42.9 Å². The van der Waals surface area contributed by atoms with E-state index in [4.69, 9.17) is 0 Å². The van der Waals surface area contributed by atoms with Gasteiger partial charge in [0.05, 0.1) is 23.3 Å². The van der Waals surface area contributed by atoms with Crippen LogP contribution in [0.25, 0.3) is 16.6 Å². The highest BCUT2D eigenvalue weighted by Crippen LogP contribution is 2.23.